The second-order valence-corrected chi connectivity index (χ2v) is 9.74. The van der Waals surface area contributed by atoms with Crippen LogP contribution in [0.3, 0.4) is 0 Å². The van der Waals surface area contributed by atoms with E-state index in [-0.39, 0.29) is 11.3 Å². The first kappa shape index (κ1) is 28.9. The summed E-state index contributed by atoms with van der Waals surface area (Å²) in [5.41, 5.74) is 2.30. The number of ketones is 1. The van der Waals surface area contributed by atoms with Crippen molar-refractivity contribution in [2.24, 2.45) is 0 Å². The van der Waals surface area contributed by atoms with Gasteiger partial charge in [0.2, 0.25) is 0 Å². The highest BCUT2D eigenvalue weighted by Gasteiger charge is 2.46. The van der Waals surface area contributed by atoms with Gasteiger partial charge >= 0.3 is 0 Å². The average Bonchev–Trinajstić information content (AvgIpc) is 3.25. The third kappa shape index (κ3) is 6.72. The number of rotatable bonds is 13. The van der Waals surface area contributed by atoms with Crippen LogP contribution in [0.15, 0.2) is 84.4 Å². The third-order valence-corrected chi connectivity index (χ3v) is 7.12. The van der Waals surface area contributed by atoms with Gasteiger partial charge in [-0.25, -0.2) is 0 Å². The number of nitrogens with zero attached hydrogens (tertiary/aromatic N) is 2. The minimum Gasteiger partial charge on any atom is -0.507 e. The largest absolute Gasteiger partial charge is 0.507 e. The lowest BCUT2D eigenvalue weighted by molar-refractivity contribution is -0.140. The van der Waals surface area contributed by atoms with Crippen molar-refractivity contribution in [3.8, 4) is 11.5 Å². The molecule has 1 amide bonds. The first-order chi connectivity index (χ1) is 19.5. The van der Waals surface area contributed by atoms with Gasteiger partial charge in [-0.1, -0.05) is 75.4 Å². The second-order valence-electron chi connectivity index (χ2n) is 9.74. The van der Waals surface area contributed by atoms with Crippen LogP contribution in [0.25, 0.3) is 5.76 Å². The second kappa shape index (κ2) is 13.8. The molecule has 0 radical (unpaired) electrons. The molecule has 1 aliphatic heterocycles. The number of carbonyl (C=O) groups excluding carboxylic acids is 2. The molecule has 0 aromatic heterocycles. The zero-order valence-corrected chi connectivity index (χ0v) is 23.5. The highest BCUT2D eigenvalue weighted by molar-refractivity contribution is 6.46. The zero-order valence-electron chi connectivity index (χ0n) is 23.5. The fraction of sp³-hybridized carbons (Fsp3) is 0.333. The molecule has 1 atom stereocenters. The van der Waals surface area contributed by atoms with Gasteiger partial charge in [-0.15, -0.1) is 0 Å². The molecule has 210 valence electrons. The molecule has 1 saturated heterocycles. The van der Waals surface area contributed by atoms with Crippen molar-refractivity contribution in [2.45, 2.75) is 39.8 Å². The van der Waals surface area contributed by atoms with Crippen molar-refractivity contribution in [3.05, 3.63) is 101 Å². The molecule has 1 unspecified atom stereocenters. The van der Waals surface area contributed by atoms with Crippen molar-refractivity contribution in [1.82, 2.24) is 9.80 Å². The zero-order chi connectivity index (χ0) is 28.5. The SMILES string of the molecule is CCCOc1cccc(C(O)=C2C(=O)C(=O)N(CCN(CC)CC)C2c2ccc(OCc3ccccc3)cc2)c1. The van der Waals surface area contributed by atoms with E-state index in [4.69, 9.17) is 9.47 Å². The molecule has 3 aromatic carbocycles. The van der Waals surface area contributed by atoms with Crippen molar-refractivity contribution in [1.29, 1.82) is 0 Å². The first-order valence-corrected chi connectivity index (χ1v) is 14.0. The van der Waals surface area contributed by atoms with E-state index in [1.54, 1.807) is 29.2 Å². The molecule has 0 spiro atoms. The van der Waals surface area contributed by atoms with Crippen LogP contribution < -0.4 is 9.47 Å². The molecule has 1 heterocycles. The van der Waals surface area contributed by atoms with E-state index in [0.29, 0.717) is 43.4 Å². The molecular formula is C33H38N2O5. The Morgan fingerprint density at radius 1 is 0.875 bits per heavy atom. The summed E-state index contributed by atoms with van der Waals surface area (Å²) in [4.78, 5) is 30.5. The lowest BCUT2D eigenvalue weighted by atomic mass is 9.95. The smallest absolute Gasteiger partial charge is 0.295 e. The molecule has 0 saturated carbocycles. The van der Waals surface area contributed by atoms with E-state index < -0.39 is 17.7 Å². The highest BCUT2D eigenvalue weighted by atomic mass is 16.5. The summed E-state index contributed by atoms with van der Waals surface area (Å²) < 4.78 is 11.7. The Balaban J connectivity index is 1.68. The molecule has 1 aliphatic rings. The van der Waals surface area contributed by atoms with Gasteiger partial charge in [0.1, 0.15) is 23.9 Å². The maximum Gasteiger partial charge on any atom is 0.295 e. The van der Waals surface area contributed by atoms with Crippen molar-refractivity contribution >= 4 is 17.4 Å². The summed E-state index contributed by atoms with van der Waals surface area (Å²) in [6.07, 6.45) is 0.846. The highest BCUT2D eigenvalue weighted by Crippen LogP contribution is 2.40. The predicted octanol–water partition coefficient (Wildman–Crippen LogP) is 5.82. The third-order valence-electron chi connectivity index (χ3n) is 7.12. The molecule has 4 rings (SSSR count). The van der Waals surface area contributed by atoms with Crippen molar-refractivity contribution in [3.63, 3.8) is 0 Å². The topological polar surface area (TPSA) is 79.3 Å². The Labute approximate surface area is 236 Å². The monoisotopic (exact) mass is 542 g/mol. The number of aliphatic hydroxyl groups is 1. The standard InChI is InChI=1S/C33H38N2O5/c1-4-21-39-28-14-10-13-26(22-28)31(36)29-30(35(33(38)32(29)37)20-19-34(5-2)6-3)25-15-17-27(18-16-25)40-23-24-11-8-7-9-12-24/h7-18,22,30,36H,4-6,19-21,23H2,1-3H3. The maximum absolute atomic E-state index is 13.4. The number of likely N-dealkylation sites (tertiary alicyclic amines) is 1. The minimum absolute atomic E-state index is 0.0788. The normalized spacial score (nSPS) is 16.5. The van der Waals surface area contributed by atoms with Gasteiger partial charge in [0, 0.05) is 18.7 Å². The number of aliphatic hydroxyl groups excluding tert-OH is 1. The van der Waals surface area contributed by atoms with Crippen LogP contribution in [0, 0.1) is 0 Å². The number of hydrogen-bond donors (Lipinski definition) is 1. The van der Waals surface area contributed by atoms with Crippen LogP contribution in [-0.2, 0) is 16.2 Å². The summed E-state index contributed by atoms with van der Waals surface area (Å²) in [5, 5.41) is 11.4. The van der Waals surface area contributed by atoms with Gasteiger partial charge in [-0.3, -0.25) is 9.59 Å². The molecular weight excluding hydrogens is 504 g/mol. The molecule has 7 nitrogen and oxygen atoms in total. The lowest BCUT2D eigenvalue weighted by Gasteiger charge is -2.28. The quantitative estimate of drug-likeness (QED) is 0.167. The Morgan fingerprint density at radius 3 is 2.27 bits per heavy atom. The van der Waals surface area contributed by atoms with Crippen LogP contribution in [0.2, 0.25) is 0 Å². The summed E-state index contributed by atoms with van der Waals surface area (Å²) in [5.74, 6) is -0.237. The summed E-state index contributed by atoms with van der Waals surface area (Å²) >= 11 is 0. The van der Waals surface area contributed by atoms with Gasteiger partial charge in [0.15, 0.2) is 0 Å². The Morgan fingerprint density at radius 2 is 1.60 bits per heavy atom. The van der Waals surface area contributed by atoms with Crippen LogP contribution in [0.4, 0.5) is 0 Å². The molecule has 1 fully saturated rings. The van der Waals surface area contributed by atoms with E-state index in [2.05, 4.69) is 18.7 Å². The average molecular weight is 543 g/mol. The fourth-order valence-corrected chi connectivity index (χ4v) is 4.84. The predicted molar refractivity (Wildman–Crippen MR) is 156 cm³/mol. The van der Waals surface area contributed by atoms with E-state index >= 15 is 0 Å². The number of Topliss-reactive ketones (excluding diaryl/α,β-unsaturated/α-hetero) is 1. The van der Waals surface area contributed by atoms with Crippen molar-refractivity contribution in [2.75, 3.05) is 32.8 Å². The van der Waals surface area contributed by atoms with E-state index in [1.165, 1.54) is 0 Å². The van der Waals surface area contributed by atoms with Gasteiger partial charge < -0.3 is 24.4 Å². The minimum atomic E-state index is -0.723. The number of amides is 1. The van der Waals surface area contributed by atoms with E-state index in [1.807, 2.05) is 61.5 Å². The molecule has 0 aliphatic carbocycles. The Hall–Kier alpha value is -4.10. The number of ether oxygens (including phenoxy) is 2. The van der Waals surface area contributed by atoms with Crippen LogP contribution in [0.1, 0.15) is 49.9 Å². The van der Waals surface area contributed by atoms with Gasteiger partial charge in [0.25, 0.3) is 11.7 Å². The molecule has 7 heteroatoms. The number of likely N-dealkylation sites (N-methyl/N-ethyl adjacent to an activating group) is 1. The van der Waals surface area contributed by atoms with Crippen LogP contribution in [0.5, 0.6) is 11.5 Å². The molecule has 40 heavy (non-hydrogen) atoms. The lowest BCUT2D eigenvalue weighted by Crippen LogP contribution is -2.38. The summed E-state index contributed by atoms with van der Waals surface area (Å²) in [6.45, 7) is 9.77. The molecule has 1 N–H and O–H groups in total. The van der Waals surface area contributed by atoms with Crippen molar-refractivity contribution < 1.29 is 24.2 Å². The maximum atomic E-state index is 13.4. The van der Waals surface area contributed by atoms with Crippen LogP contribution >= 0.6 is 0 Å². The fourth-order valence-electron chi connectivity index (χ4n) is 4.84. The molecule has 3 aromatic rings. The Bertz CT molecular complexity index is 1320. The first-order valence-electron chi connectivity index (χ1n) is 14.0. The van der Waals surface area contributed by atoms with Gasteiger partial charge in [0.05, 0.1) is 18.2 Å². The summed E-state index contributed by atoms with van der Waals surface area (Å²) in [6, 6.07) is 23.5. The van der Waals surface area contributed by atoms with Gasteiger partial charge in [-0.05, 0) is 54.9 Å². The Kier molecular flexibility index (Phi) is 9.97. The number of hydrogen-bond acceptors (Lipinski definition) is 6. The summed E-state index contributed by atoms with van der Waals surface area (Å²) in [7, 11) is 0. The number of carbonyl (C=O) groups is 2. The number of benzene rings is 3. The van der Waals surface area contributed by atoms with Gasteiger partial charge in [-0.2, -0.15) is 0 Å². The molecule has 0 bridgehead atoms. The van der Waals surface area contributed by atoms with E-state index in [0.717, 1.165) is 30.6 Å². The van der Waals surface area contributed by atoms with E-state index in [9.17, 15) is 14.7 Å². The van der Waals surface area contributed by atoms with Crippen LogP contribution in [-0.4, -0.2) is 59.4 Å².